The fourth-order valence-electron chi connectivity index (χ4n) is 1.85. The van der Waals surface area contributed by atoms with E-state index in [2.05, 4.69) is 9.97 Å². The van der Waals surface area contributed by atoms with Gasteiger partial charge in [0.2, 0.25) is 0 Å². The number of anilines is 1. The summed E-state index contributed by atoms with van der Waals surface area (Å²) in [6.07, 6.45) is 1.85. The second kappa shape index (κ2) is 8.54. The highest BCUT2D eigenvalue weighted by Crippen LogP contribution is 2.39. The third kappa shape index (κ3) is 4.11. The van der Waals surface area contributed by atoms with Gasteiger partial charge in [0, 0.05) is 0 Å². The molecule has 0 atom stereocenters. The van der Waals surface area contributed by atoms with Crippen LogP contribution in [0, 0.1) is 0 Å². The summed E-state index contributed by atoms with van der Waals surface area (Å²) < 4.78 is 9.95. The van der Waals surface area contributed by atoms with E-state index in [0.717, 1.165) is 0 Å². The van der Waals surface area contributed by atoms with Crippen molar-refractivity contribution in [1.82, 2.24) is 9.97 Å². The van der Waals surface area contributed by atoms with E-state index in [1.807, 2.05) is 6.26 Å². The van der Waals surface area contributed by atoms with Gasteiger partial charge in [-0.05, 0) is 20.1 Å². The maximum Gasteiger partial charge on any atom is 0.350 e. The van der Waals surface area contributed by atoms with Crippen LogP contribution in [0.1, 0.15) is 23.5 Å². The Kier molecular flexibility index (Phi) is 6.69. The molecule has 0 aromatic carbocycles. The molecule has 0 unspecified atom stereocenters. The predicted molar refractivity (Wildman–Crippen MR) is 96.9 cm³/mol. The van der Waals surface area contributed by atoms with Crippen molar-refractivity contribution in [3.05, 3.63) is 4.88 Å². The van der Waals surface area contributed by atoms with Gasteiger partial charge in [-0.15, -0.1) is 11.3 Å². The number of nitrogen functional groups attached to an aromatic ring is 1. The Labute approximate surface area is 151 Å². The van der Waals surface area contributed by atoms with Crippen LogP contribution in [0.4, 0.5) is 5.69 Å². The molecule has 2 N–H and O–H groups in total. The van der Waals surface area contributed by atoms with Gasteiger partial charge in [0.05, 0.1) is 30.0 Å². The molecule has 2 heterocycles. The maximum absolute atomic E-state index is 12.0. The summed E-state index contributed by atoms with van der Waals surface area (Å²) in [6, 6.07) is 0. The molecule has 0 saturated carbocycles. The SMILES string of the molecule is CCOC(=O)CSc1nc(SC)nc2sc(C(=O)OCC)c(N)c12. The molecule has 0 saturated heterocycles. The first-order valence-corrected chi connectivity index (χ1v) is 10.1. The highest BCUT2D eigenvalue weighted by molar-refractivity contribution is 8.00. The van der Waals surface area contributed by atoms with E-state index in [1.54, 1.807) is 13.8 Å². The fourth-order valence-corrected chi connectivity index (χ4v) is 4.22. The third-order valence-electron chi connectivity index (χ3n) is 2.81. The zero-order valence-corrected chi connectivity index (χ0v) is 15.9. The maximum atomic E-state index is 12.0. The van der Waals surface area contributed by atoms with Gasteiger partial charge in [0.25, 0.3) is 0 Å². The number of fused-ring (bicyclic) bond motifs is 1. The molecule has 2 aromatic heterocycles. The first kappa shape index (κ1) is 18.8. The van der Waals surface area contributed by atoms with E-state index in [-0.39, 0.29) is 24.0 Å². The molecule has 0 radical (unpaired) electrons. The summed E-state index contributed by atoms with van der Waals surface area (Å²) in [6.45, 7) is 4.06. The Morgan fingerprint density at radius 3 is 2.54 bits per heavy atom. The molecular weight excluding hydrogens is 370 g/mol. The molecule has 2 rings (SSSR count). The van der Waals surface area contributed by atoms with E-state index in [0.29, 0.717) is 31.9 Å². The van der Waals surface area contributed by atoms with Crippen molar-refractivity contribution in [3.8, 4) is 0 Å². The zero-order chi connectivity index (χ0) is 17.7. The van der Waals surface area contributed by atoms with Crippen LogP contribution in [0.2, 0.25) is 0 Å². The molecule has 0 aliphatic heterocycles. The number of thioether (sulfide) groups is 2. The summed E-state index contributed by atoms with van der Waals surface area (Å²) in [5.74, 6) is -0.706. The predicted octanol–water partition coefficient (Wildman–Crippen LogP) is 2.83. The van der Waals surface area contributed by atoms with Gasteiger partial charge in [-0.3, -0.25) is 4.79 Å². The van der Waals surface area contributed by atoms with Crippen LogP contribution in [0.3, 0.4) is 0 Å². The molecule has 2 aromatic rings. The van der Waals surface area contributed by atoms with Crippen LogP contribution in [0.5, 0.6) is 0 Å². The number of nitrogens with zero attached hydrogens (tertiary/aromatic N) is 2. The molecule has 0 amide bonds. The smallest absolute Gasteiger partial charge is 0.350 e. The lowest BCUT2D eigenvalue weighted by Gasteiger charge is -2.05. The minimum absolute atomic E-state index is 0.109. The van der Waals surface area contributed by atoms with Gasteiger partial charge < -0.3 is 15.2 Å². The number of carbonyl (C=O) groups excluding carboxylic acids is 2. The van der Waals surface area contributed by atoms with E-state index < -0.39 is 5.97 Å². The second-order valence-electron chi connectivity index (χ2n) is 4.35. The molecule has 0 spiro atoms. The molecule has 130 valence electrons. The number of hydrogen-bond acceptors (Lipinski definition) is 10. The quantitative estimate of drug-likeness (QED) is 0.332. The number of hydrogen-bond donors (Lipinski definition) is 1. The standard InChI is InChI=1S/C14H17N3O4S3/c1-4-20-7(18)6-23-11-8-9(15)10(13(19)21-5-2)24-12(8)17-14(16-11)22-3/h4-6,15H2,1-3H3. The van der Waals surface area contributed by atoms with Gasteiger partial charge in [0.15, 0.2) is 5.16 Å². The number of carbonyl (C=O) groups is 2. The Bertz CT molecular complexity index is 763. The summed E-state index contributed by atoms with van der Waals surface area (Å²) in [5.41, 5.74) is 6.41. The topological polar surface area (TPSA) is 104 Å². The summed E-state index contributed by atoms with van der Waals surface area (Å²) in [4.78, 5) is 33.3. The van der Waals surface area contributed by atoms with E-state index in [1.165, 1.54) is 34.9 Å². The Hall–Kier alpha value is -1.52. The Balaban J connectivity index is 2.44. The molecule has 0 aliphatic carbocycles. The minimum Gasteiger partial charge on any atom is -0.465 e. The fraction of sp³-hybridized carbons (Fsp3) is 0.429. The monoisotopic (exact) mass is 387 g/mol. The first-order valence-electron chi connectivity index (χ1n) is 7.11. The summed E-state index contributed by atoms with van der Waals surface area (Å²) >= 11 is 3.76. The van der Waals surface area contributed by atoms with Crippen molar-refractivity contribution in [2.75, 3.05) is 31.0 Å². The lowest BCUT2D eigenvalue weighted by atomic mass is 10.3. The van der Waals surface area contributed by atoms with Crippen molar-refractivity contribution < 1.29 is 19.1 Å². The van der Waals surface area contributed by atoms with Crippen molar-refractivity contribution in [2.45, 2.75) is 24.0 Å². The third-order valence-corrected chi connectivity index (χ3v) is 5.39. The van der Waals surface area contributed by atoms with Gasteiger partial charge in [-0.25, -0.2) is 14.8 Å². The number of thiophene rings is 1. The van der Waals surface area contributed by atoms with E-state index in [9.17, 15) is 9.59 Å². The molecule has 0 aliphatic rings. The highest BCUT2D eigenvalue weighted by Gasteiger charge is 2.23. The van der Waals surface area contributed by atoms with Crippen LogP contribution >= 0.6 is 34.9 Å². The summed E-state index contributed by atoms with van der Waals surface area (Å²) in [7, 11) is 0. The zero-order valence-electron chi connectivity index (χ0n) is 13.5. The highest BCUT2D eigenvalue weighted by atomic mass is 32.2. The molecule has 0 bridgehead atoms. The number of rotatable bonds is 7. The average molecular weight is 388 g/mol. The minimum atomic E-state index is -0.481. The van der Waals surface area contributed by atoms with Crippen molar-refractivity contribution in [3.63, 3.8) is 0 Å². The van der Waals surface area contributed by atoms with Crippen LogP contribution in [0.25, 0.3) is 10.2 Å². The summed E-state index contributed by atoms with van der Waals surface area (Å²) in [5, 5.41) is 1.68. The Morgan fingerprint density at radius 1 is 1.21 bits per heavy atom. The van der Waals surface area contributed by atoms with Crippen LogP contribution in [-0.4, -0.2) is 47.1 Å². The van der Waals surface area contributed by atoms with E-state index >= 15 is 0 Å². The van der Waals surface area contributed by atoms with Gasteiger partial charge >= 0.3 is 11.9 Å². The second-order valence-corrected chi connectivity index (χ2v) is 7.09. The van der Waals surface area contributed by atoms with Crippen LogP contribution in [0.15, 0.2) is 10.2 Å². The van der Waals surface area contributed by atoms with Crippen LogP contribution < -0.4 is 5.73 Å². The lowest BCUT2D eigenvalue weighted by Crippen LogP contribution is -2.07. The largest absolute Gasteiger partial charge is 0.465 e. The van der Waals surface area contributed by atoms with Gasteiger partial charge in [0.1, 0.15) is 14.7 Å². The van der Waals surface area contributed by atoms with Crippen molar-refractivity contribution in [1.29, 1.82) is 0 Å². The Morgan fingerprint density at radius 2 is 1.92 bits per heavy atom. The number of ether oxygens (including phenoxy) is 2. The van der Waals surface area contributed by atoms with Crippen molar-refractivity contribution in [2.24, 2.45) is 0 Å². The molecule has 24 heavy (non-hydrogen) atoms. The van der Waals surface area contributed by atoms with E-state index in [4.69, 9.17) is 15.2 Å². The number of esters is 2. The number of nitrogens with two attached hydrogens (primary N) is 1. The molecular formula is C14H17N3O4S3. The van der Waals surface area contributed by atoms with Crippen molar-refractivity contribution >= 4 is 62.7 Å². The lowest BCUT2D eigenvalue weighted by molar-refractivity contribution is -0.139. The normalized spacial score (nSPS) is 10.8. The number of aromatic nitrogens is 2. The van der Waals surface area contributed by atoms with Gasteiger partial charge in [-0.2, -0.15) is 0 Å². The molecule has 7 nitrogen and oxygen atoms in total. The molecule has 10 heteroatoms. The van der Waals surface area contributed by atoms with Crippen LogP contribution in [-0.2, 0) is 14.3 Å². The average Bonchev–Trinajstić information content (AvgIpc) is 2.90. The molecule has 0 fully saturated rings. The first-order chi connectivity index (χ1) is 11.5. The van der Waals surface area contributed by atoms with Gasteiger partial charge in [-0.1, -0.05) is 23.5 Å².